The summed E-state index contributed by atoms with van der Waals surface area (Å²) in [4.78, 5) is 30.9. The van der Waals surface area contributed by atoms with E-state index in [1.54, 1.807) is 6.92 Å². The van der Waals surface area contributed by atoms with Crippen LogP contribution in [0.3, 0.4) is 0 Å². The first kappa shape index (κ1) is 16.6. The number of hydrogen-bond acceptors (Lipinski definition) is 5. The van der Waals surface area contributed by atoms with Gasteiger partial charge in [0.15, 0.2) is 5.41 Å². The van der Waals surface area contributed by atoms with Crippen molar-refractivity contribution in [3.8, 4) is 0 Å². The molecule has 2 bridgehead atoms. The first-order chi connectivity index (χ1) is 11.6. The molecule has 0 amide bonds. The molecule has 3 rings (SSSR count). The van der Waals surface area contributed by atoms with Crippen molar-refractivity contribution in [1.82, 2.24) is 0 Å². The van der Waals surface area contributed by atoms with Crippen LogP contribution in [0.1, 0.15) is 32.3 Å². The van der Waals surface area contributed by atoms with Crippen molar-refractivity contribution in [3.63, 3.8) is 0 Å². The second-order valence-corrected chi connectivity index (χ2v) is 5.88. The number of aliphatic imine (C=N–C) groups is 1. The molecule has 1 heterocycles. The summed E-state index contributed by atoms with van der Waals surface area (Å²) in [6.07, 6.45) is 4.29. The predicted octanol–water partition coefficient (Wildman–Crippen LogP) is 2.69. The molecular weight excluding hydrogens is 306 g/mol. The third-order valence-corrected chi connectivity index (χ3v) is 4.48. The van der Waals surface area contributed by atoms with E-state index >= 15 is 0 Å². The SMILES string of the molecule is CCOC(=O)C12CC=CCC(OCC)(N=C1c1ccccc1)C2=O. The van der Waals surface area contributed by atoms with Gasteiger partial charge in [-0.3, -0.25) is 9.59 Å². The van der Waals surface area contributed by atoms with Gasteiger partial charge in [0.05, 0.1) is 12.3 Å². The largest absolute Gasteiger partial charge is 0.465 e. The number of ether oxygens (including phenoxy) is 2. The van der Waals surface area contributed by atoms with E-state index in [0.717, 1.165) is 5.56 Å². The second-order valence-electron chi connectivity index (χ2n) is 5.88. The minimum atomic E-state index is -1.43. The van der Waals surface area contributed by atoms with Crippen LogP contribution in [0, 0.1) is 5.41 Å². The van der Waals surface area contributed by atoms with Gasteiger partial charge >= 0.3 is 5.97 Å². The molecule has 0 saturated carbocycles. The fourth-order valence-electron chi connectivity index (χ4n) is 3.43. The van der Waals surface area contributed by atoms with Crippen LogP contribution in [0.25, 0.3) is 0 Å². The number of carbonyl (C=O) groups is 2. The number of hydrogen-bond donors (Lipinski definition) is 0. The van der Waals surface area contributed by atoms with Gasteiger partial charge in [0, 0.05) is 13.0 Å². The Morgan fingerprint density at radius 1 is 1.12 bits per heavy atom. The monoisotopic (exact) mass is 327 g/mol. The number of fused-ring (bicyclic) bond motifs is 2. The van der Waals surface area contributed by atoms with E-state index in [9.17, 15) is 9.59 Å². The molecule has 0 spiro atoms. The normalized spacial score (nSPS) is 28.4. The van der Waals surface area contributed by atoms with Crippen molar-refractivity contribution in [3.05, 3.63) is 48.0 Å². The Morgan fingerprint density at radius 2 is 1.83 bits per heavy atom. The molecule has 0 radical (unpaired) electrons. The lowest BCUT2D eigenvalue weighted by Gasteiger charge is -2.28. The van der Waals surface area contributed by atoms with Crippen molar-refractivity contribution in [1.29, 1.82) is 0 Å². The molecule has 2 atom stereocenters. The molecule has 0 aromatic heterocycles. The molecule has 0 saturated heterocycles. The van der Waals surface area contributed by atoms with Crippen LogP contribution >= 0.6 is 0 Å². The van der Waals surface area contributed by atoms with E-state index in [-0.39, 0.29) is 18.8 Å². The van der Waals surface area contributed by atoms with E-state index in [1.807, 2.05) is 49.4 Å². The average molecular weight is 327 g/mol. The van der Waals surface area contributed by atoms with Gasteiger partial charge in [-0.2, -0.15) is 0 Å². The van der Waals surface area contributed by atoms with E-state index in [2.05, 4.69) is 4.99 Å². The minimum absolute atomic E-state index is 0.210. The van der Waals surface area contributed by atoms with Gasteiger partial charge in [-0.05, 0) is 25.8 Å². The molecule has 5 nitrogen and oxygen atoms in total. The molecule has 2 unspecified atom stereocenters. The van der Waals surface area contributed by atoms with E-state index in [4.69, 9.17) is 9.47 Å². The number of ketones is 1. The fourth-order valence-corrected chi connectivity index (χ4v) is 3.43. The van der Waals surface area contributed by atoms with Gasteiger partial charge < -0.3 is 9.47 Å². The Balaban J connectivity index is 2.21. The first-order valence-electron chi connectivity index (χ1n) is 8.27. The zero-order valence-electron chi connectivity index (χ0n) is 14.0. The Bertz CT molecular complexity index is 709. The van der Waals surface area contributed by atoms with Crippen LogP contribution in [0.4, 0.5) is 0 Å². The van der Waals surface area contributed by atoms with Crippen molar-refractivity contribution >= 4 is 17.5 Å². The molecule has 0 fully saturated rings. The highest BCUT2D eigenvalue weighted by atomic mass is 16.5. The third kappa shape index (κ3) is 2.31. The Hall–Kier alpha value is -2.27. The number of rotatable bonds is 5. The summed E-state index contributed by atoms with van der Waals surface area (Å²) in [6, 6.07) is 9.32. The zero-order valence-corrected chi connectivity index (χ0v) is 14.0. The lowest BCUT2D eigenvalue weighted by atomic mass is 9.74. The second kappa shape index (κ2) is 6.32. The molecule has 1 aromatic rings. The predicted molar refractivity (Wildman–Crippen MR) is 89.8 cm³/mol. The van der Waals surface area contributed by atoms with E-state index < -0.39 is 17.1 Å². The third-order valence-electron chi connectivity index (χ3n) is 4.48. The molecule has 5 heteroatoms. The van der Waals surface area contributed by atoms with Crippen molar-refractivity contribution in [2.75, 3.05) is 13.2 Å². The van der Waals surface area contributed by atoms with Crippen LogP contribution < -0.4 is 0 Å². The molecule has 1 aliphatic heterocycles. The average Bonchev–Trinajstić information content (AvgIpc) is 2.73. The smallest absolute Gasteiger partial charge is 0.326 e. The van der Waals surface area contributed by atoms with Gasteiger partial charge in [-0.1, -0.05) is 42.5 Å². The molecule has 1 aliphatic carbocycles. The number of esters is 1. The molecule has 2 aliphatic rings. The van der Waals surface area contributed by atoms with Crippen molar-refractivity contribution in [2.24, 2.45) is 10.4 Å². The van der Waals surface area contributed by atoms with Crippen LogP contribution in [-0.4, -0.2) is 36.4 Å². The lowest BCUT2D eigenvalue weighted by Crippen LogP contribution is -2.50. The highest BCUT2D eigenvalue weighted by molar-refractivity contribution is 6.34. The number of benzene rings is 1. The van der Waals surface area contributed by atoms with Gasteiger partial charge in [0.25, 0.3) is 0 Å². The van der Waals surface area contributed by atoms with Crippen LogP contribution in [0.2, 0.25) is 0 Å². The fraction of sp³-hybridized carbons (Fsp3) is 0.421. The number of Topliss-reactive ketones (excluding diaryl/α,β-unsaturated/α-hetero) is 1. The summed E-state index contributed by atoms with van der Waals surface area (Å²) in [6.45, 7) is 4.10. The van der Waals surface area contributed by atoms with Crippen molar-refractivity contribution in [2.45, 2.75) is 32.4 Å². The molecule has 1 aromatic carbocycles. The van der Waals surface area contributed by atoms with Gasteiger partial charge in [0.2, 0.25) is 11.5 Å². The van der Waals surface area contributed by atoms with E-state index in [1.165, 1.54) is 0 Å². The van der Waals surface area contributed by atoms with Gasteiger partial charge in [-0.25, -0.2) is 4.99 Å². The first-order valence-corrected chi connectivity index (χ1v) is 8.27. The van der Waals surface area contributed by atoms with Crippen LogP contribution in [0.5, 0.6) is 0 Å². The standard InChI is InChI=1S/C19H21NO4/c1-3-23-17(22)18-12-8-9-13-19(16(18)21,24-4-2)20-15(18)14-10-6-5-7-11-14/h5-11H,3-4,12-13H2,1-2H3. The minimum Gasteiger partial charge on any atom is -0.465 e. The Morgan fingerprint density at radius 3 is 2.50 bits per heavy atom. The summed E-state index contributed by atoms with van der Waals surface area (Å²) in [5, 5.41) is 0. The Kier molecular flexibility index (Phi) is 4.37. The molecular formula is C19H21NO4. The summed E-state index contributed by atoms with van der Waals surface area (Å²) < 4.78 is 11.0. The maximum atomic E-state index is 13.4. The summed E-state index contributed by atoms with van der Waals surface area (Å²) >= 11 is 0. The number of allylic oxidation sites excluding steroid dienone is 1. The lowest BCUT2D eigenvalue weighted by molar-refractivity contribution is -0.161. The zero-order chi connectivity index (χ0) is 17.2. The van der Waals surface area contributed by atoms with E-state index in [0.29, 0.717) is 18.7 Å². The maximum absolute atomic E-state index is 13.4. The molecule has 126 valence electrons. The maximum Gasteiger partial charge on any atom is 0.326 e. The molecule has 24 heavy (non-hydrogen) atoms. The van der Waals surface area contributed by atoms with Crippen LogP contribution in [0.15, 0.2) is 47.5 Å². The molecule has 0 N–H and O–H groups in total. The summed E-state index contributed by atoms with van der Waals surface area (Å²) in [5.41, 5.74) is -1.57. The highest BCUT2D eigenvalue weighted by Gasteiger charge is 2.64. The highest BCUT2D eigenvalue weighted by Crippen LogP contribution is 2.46. The number of nitrogens with zero attached hydrogens (tertiary/aromatic N) is 1. The summed E-state index contributed by atoms with van der Waals surface area (Å²) in [7, 11) is 0. The number of carbonyl (C=O) groups excluding carboxylic acids is 2. The van der Waals surface area contributed by atoms with Crippen LogP contribution in [-0.2, 0) is 19.1 Å². The Labute approximate surface area is 141 Å². The summed E-state index contributed by atoms with van der Waals surface area (Å²) in [5.74, 6) is -0.870. The van der Waals surface area contributed by atoms with Gasteiger partial charge in [0.1, 0.15) is 0 Å². The quantitative estimate of drug-likeness (QED) is 0.474. The van der Waals surface area contributed by atoms with Gasteiger partial charge in [-0.15, -0.1) is 0 Å². The van der Waals surface area contributed by atoms with Crippen molar-refractivity contribution < 1.29 is 19.1 Å². The topological polar surface area (TPSA) is 65.0 Å².